The van der Waals surface area contributed by atoms with Crippen molar-refractivity contribution in [1.29, 1.82) is 0 Å². The van der Waals surface area contributed by atoms with Crippen LogP contribution in [0.25, 0.3) is 0 Å². The zero-order valence-corrected chi connectivity index (χ0v) is 15.3. The summed E-state index contributed by atoms with van der Waals surface area (Å²) in [6.07, 6.45) is 5.06. The lowest BCUT2D eigenvalue weighted by molar-refractivity contribution is -0.134. The molecule has 2 saturated carbocycles. The first-order valence-electron chi connectivity index (χ1n) is 9.48. The monoisotopic (exact) mass is 362 g/mol. The van der Waals surface area contributed by atoms with Crippen LogP contribution in [0.3, 0.4) is 0 Å². The Morgan fingerprint density at radius 2 is 2.08 bits per heavy atom. The minimum absolute atomic E-state index is 0.120. The maximum atomic E-state index is 13.3. The Labute approximate surface area is 154 Å². The Hall–Kier alpha value is -1.10. The highest BCUT2D eigenvalue weighted by atomic mass is 35.5. The number of hydrogen-bond acceptors (Lipinski definition) is 3. The van der Waals surface area contributed by atoms with Gasteiger partial charge in [0.25, 0.3) is 0 Å². The molecule has 5 unspecified atom stereocenters. The van der Waals surface area contributed by atoms with Crippen LogP contribution in [-0.4, -0.2) is 36.8 Å². The van der Waals surface area contributed by atoms with Gasteiger partial charge in [0.1, 0.15) is 0 Å². The van der Waals surface area contributed by atoms with Crippen LogP contribution < -0.4 is 10.6 Å². The number of aliphatic hydroxyl groups is 1. The predicted octanol–water partition coefficient (Wildman–Crippen LogP) is 2.39. The van der Waals surface area contributed by atoms with Crippen LogP contribution in [0.1, 0.15) is 31.2 Å². The van der Waals surface area contributed by atoms with Crippen molar-refractivity contribution in [2.75, 3.05) is 19.6 Å². The summed E-state index contributed by atoms with van der Waals surface area (Å²) in [6.45, 7) is 1.96. The highest BCUT2D eigenvalue weighted by molar-refractivity contribution is 6.30. The maximum absolute atomic E-state index is 13.3. The Morgan fingerprint density at radius 1 is 1.28 bits per heavy atom. The second-order valence-electron chi connectivity index (χ2n) is 8.24. The molecule has 0 spiro atoms. The average Bonchev–Trinajstić information content (AvgIpc) is 3.31. The molecule has 3 N–H and O–H groups in total. The molecule has 5 atom stereocenters. The average molecular weight is 363 g/mol. The summed E-state index contributed by atoms with van der Waals surface area (Å²) in [5, 5.41) is 17.1. The van der Waals surface area contributed by atoms with Gasteiger partial charge in [0.05, 0.1) is 11.5 Å². The number of fused-ring (bicyclic) bond motifs is 2. The van der Waals surface area contributed by atoms with Gasteiger partial charge in [-0.1, -0.05) is 30.2 Å². The molecule has 4 nitrogen and oxygen atoms in total. The molecule has 1 aromatic carbocycles. The lowest BCUT2D eigenvalue weighted by Crippen LogP contribution is -2.48. The number of hydrogen-bond donors (Lipinski definition) is 3. The van der Waals surface area contributed by atoms with Gasteiger partial charge in [0, 0.05) is 30.6 Å². The lowest BCUT2D eigenvalue weighted by Gasteiger charge is -2.37. The van der Waals surface area contributed by atoms with Crippen LogP contribution in [0.15, 0.2) is 24.3 Å². The van der Waals surface area contributed by atoms with E-state index in [0.29, 0.717) is 24.9 Å². The van der Waals surface area contributed by atoms with Gasteiger partial charge in [-0.2, -0.15) is 0 Å². The minimum atomic E-state index is -0.354. The maximum Gasteiger partial charge on any atom is 0.226 e. The number of halogens is 1. The van der Waals surface area contributed by atoms with E-state index < -0.39 is 0 Å². The standard InChI is InChI=1S/C20H27ClN2O2/c21-17-5-2-13(3-6-17)8-20(9-14-1-4-16(20)7-14)19(25)23-11-15-10-22-12-18(15)24/h2-3,5-6,14-16,18,22,24H,1,4,7-12H2,(H,23,25). The van der Waals surface area contributed by atoms with Crippen LogP contribution in [0.5, 0.6) is 0 Å². The van der Waals surface area contributed by atoms with Gasteiger partial charge in [0.15, 0.2) is 0 Å². The molecule has 2 bridgehead atoms. The van der Waals surface area contributed by atoms with Gasteiger partial charge in [-0.05, 0) is 55.2 Å². The zero-order valence-electron chi connectivity index (χ0n) is 14.5. The highest BCUT2D eigenvalue weighted by Gasteiger charge is 2.55. The summed E-state index contributed by atoms with van der Waals surface area (Å²) in [4.78, 5) is 13.3. The smallest absolute Gasteiger partial charge is 0.226 e. The minimum Gasteiger partial charge on any atom is -0.391 e. The number of β-amino-alcohol motifs (C(OH)–C–C–N with tert-alkyl or cyclic N) is 1. The van der Waals surface area contributed by atoms with E-state index in [1.165, 1.54) is 24.8 Å². The molecule has 3 fully saturated rings. The number of amides is 1. The lowest BCUT2D eigenvalue weighted by atomic mass is 9.68. The molecule has 1 aromatic rings. The molecule has 0 radical (unpaired) electrons. The fourth-order valence-corrected chi connectivity index (χ4v) is 5.44. The van der Waals surface area contributed by atoms with Crippen molar-refractivity contribution in [2.24, 2.45) is 23.2 Å². The third-order valence-corrected chi connectivity index (χ3v) is 6.94. The van der Waals surface area contributed by atoms with E-state index in [0.717, 1.165) is 24.4 Å². The van der Waals surface area contributed by atoms with Crippen molar-refractivity contribution in [3.05, 3.63) is 34.9 Å². The first-order valence-corrected chi connectivity index (χ1v) is 9.86. The third kappa shape index (κ3) is 3.32. The van der Waals surface area contributed by atoms with Crippen LogP contribution in [-0.2, 0) is 11.2 Å². The zero-order chi connectivity index (χ0) is 17.4. The Morgan fingerprint density at radius 3 is 2.68 bits per heavy atom. The molecular weight excluding hydrogens is 336 g/mol. The molecule has 3 aliphatic rings. The molecule has 1 amide bonds. The Kier molecular flexibility index (Phi) is 4.78. The van der Waals surface area contributed by atoms with Gasteiger partial charge in [0.2, 0.25) is 5.91 Å². The molecule has 5 heteroatoms. The molecule has 0 aromatic heterocycles. The second-order valence-corrected chi connectivity index (χ2v) is 8.67. The van der Waals surface area contributed by atoms with E-state index in [1.54, 1.807) is 0 Å². The summed E-state index contributed by atoms with van der Waals surface area (Å²) in [5.41, 5.74) is 0.906. The first-order chi connectivity index (χ1) is 12.1. The predicted molar refractivity (Wildman–Crippen MR) is 98.4 cm³/mol. The van der Waals surface area contributed by atoms with Crippen molar-refractivity contribution >= 4 is 17.5 Å². The van der Waals surface area contributed by atoms with E-state index >= 15 is 0 Å². The van der Waals surface area contributed by atoms with Crippen LogP contribution >= 0.6 is 11.6 Å². The van der Waals surface area contributed by atoms with Crippen molar-refractivity contribution in [1.82, 2.24) is 10.6 Å². The SMILES string of the molecule is O=C(NCC1CNCC1O)C1(Cc2ccc(Cl)cc2)CC2CCC1C2. The molecule has 2 aliphatic carbocycles. The van der Waals surface area contributed by atoms with Crippen molar-refractivity contribution < 1.29 is 9.90 Å². The fourth-order valence-electron chi connectivity index (χ4n) is 5.31. The van der Waals surface area contributed by atoms with Crippen molar-refractivity contribution in [2.45, 2.75) is 38.2 Å². The number of nitrogens with one attached hydrogen (secondary N) is 2. The highest BCUT2D eigenvalue weighted by Crippen LogP contribution is 2.57. The van der Waals surface area contributed by atoms with Gasteiger partial charge in [-0.15, -0.1) is 0 Å². The Bertz CT molecular complexity index is 635. The summed E-state index contributed by atoms with van der Waals surface area (Å²) in [5.74, 6) is 1.49. The second kappa shape index (κ2) is 6.90. The van der Waals surface area contributed by atoms with Crippen LogP contribution in [0, 0.1) is 23.2 Å². The summed E-state index contributed by atoms with van der Waals surface area (Å²) in [6, 6.07) is 7.93. The summed E-state index contributed by atoms with van der Waals surface area (Å²) >= 11 is 6.02. The molecular formula is C20H27ClN2O2. The number of aliphatic hydroxyl groups excluding tert-OH is 1. The summed E-state index contributed by atoms with van der Waals surface area (Å²) in [7, 11) is 0. The third-order valence-electron chi connectivity index (χ3n) is 6.69. The van der Waals surface area contributed by atoms with Crippen molar-refractivity contribution in [3.8, 4) is 0 Å². The number of carbonyl (C=O) groups is 1. The van der Waals surface area contributed by atoms with Gasteiger partial charge in [-0.25, -0.2) is 0 Å². The number of carbonyl (C=O) groups excluding carboxylic acids is 1. The Balaban J connectivity index is 1.49. The molecule has 4 rings (SSSR count). The van der Waals surface area contributed by atoms with Crippen LogP contribution in [0.2, 0.25) is 5.02 Å². The van der Waals surface area contributed by atoms with Gasteiger partial charge in [-0.3, -0.25) is 4.79 Å². The molecule has 25 heavy (non-hydrogen) atoms. The van der Waals surface area contributed by atoms with E-state index in [4.69, 9.17) is 11.6 Å². The number of rotatable bonds is 5. The molecule has 1 heterocycles. The number of benzene rings is 1. The quantitative estimate of drug-likeness (QED) is 0.753. The topological polar surface area (TPSA) is 61.4 Å². The first kappa shape index (κ1) is 17.3. The van der Waals surface area contributed by atoms with E-state index in [-0.39, 0.29) is 23.3 Å². The normalized spacial score (nSPS) is 36.7. The van der Waals surface area contributed by atoms with Gasteiger partial charge >= 0.3 is 0 Å². The molecule has 1 aliphatic heterocycles. The van der Waals surface area contributed by atoms with E-state index in [2.05, 4.69) is 10.6 Å². The van der Waals surface area contributed by atoms with Crippen LogP contribution in [0.4, 0.5) is 0 Å². The largest absolute Gasteiger partial charge is 0.391 e. The van der Waals surface area contributed by atoms with Crippen molar-refractivity contribution in [3.63, 3.8) is 0 Å². The van der Waals surface area contributed by atoms with E-state index in [1.807, 2.05) is 24.3 Å². The molecule has 1 saturated heterocycles. The van der Waals surface area contributed by atoms with Gasteiger partial charge < -0.3 is 15.7 Å². The fraction of sp³-hybridized carbons (Fsp3) is 0.650. The molecule has 136 valence electrons. The van der Waals surface area contributed by atoms with E-state index in [9.17, 15) is 9.90 Å². The summed E-state index contributed by atoms with van der Waals surface area (Å²) < 4.78 is 0.